The zero-order valence-corrected chi connectivity index (χ0v) is 15.9. The van der Waals surface area contributed by atoms with Crippen LogP contribution in [0.5, 0.6) is 0 Å². The molecular formula is C19H23N5O4. The number of furan rings is 1. The lowest BCUT2D eigenvalue weighted by Gasteiger charge is -2.32. The fourth-order valence-electron chi connectivity index (χ4n) is 3.70. The fraction of sp³-hybridized carbons (Fsp3) is 0.474. The summed E-state index contributed by atoms with van der Waals surface area (Å²) in [5, 5.41) is 3.25. The number of nitrogens with two attached hydrogens (primary N) is 1. The number of likely N-dealkylation sites (tertiary alicyclic amines) is 1. The minimum absolute atomic E-state index is 0.108. The minimum atomic E-state index is -0.784. The number of aromatic nitrogens is 1. The highest BCUT2D eigenvalue weighted by Gasteiger charge is 2.40. The van der Waals surface area contributed by atoms with E-state index >= 15 is 0 Å². The van der Waals surface area contributed by atoms with Crippen molar-refractivity contribution in [3.05, 3.63) is 23.6 Å². The molecule has 0 spiro atoms. The summed E-state index contributed by atoms with van der Waals surface area (Å²) in [5.41, 5.74) is 6.59. The molecule has 2 aromatic rings. The first-order chi connectivity index (χ1) is 13.3. The van der Waals surface area contributed by atoms with Crippen molar-refractivity contribution in [2.24, 2.45) is 11.7 Å². The average molecular weight is 385 g/mol. The molecule has 4 rings (SSSR count). The van der Waals surface area contributed by atoms with Crippen molar-refractivity contribution in [3.63, 3.8) is 0 Å². The molecule has 2 atom stereocenters. The largest absolute Gasteiger partial charge is 0.430 e. The number of nitrogens with one attached hydrogen (secondary N) is 1. The molecule has 2 fully saturated rings. The summed E-state index contributed by atoms with van der Waals surface area (Å²) in [6, 6.07) is 3.40. The van der Waals surface area contributed by atoms with Gasteiger partial charge in [-0.25, -0.2) is 9.78 Å². The van der Waals surface area contributed by atoms with E-state index in [9.17, 15) is 14.4 Å². The molecule has 9 heteroatoms. The first-order valence-electron chi connectivity index (χ1n) is 9.41. The van der Waals surface area contributed by atoms with Crippen molar-refractivity contribution in [2.45, 2.75) is 32.7 Å². The smallest absolute Gasteiger partial charge is 0.321 e. The molecule has 2 aliphatic heterocycles. The van der Waals surface area contributed by atoms with Gasteiger partial charge in [-0.15, -0.1) is 0 Å². The second-order valence-electron chi connectivity index (χ2n) is 7.53. The van der Waals surface area contributed by atoms with E-state index in [-0.39, 0.29) is 35.0 Å². The van der Waals surface area contributed by atoms with Gasteiger partial charge in [-0.2, -0.15) is 0 Å². The fourth-order valence-corrected chi connectivity index (χ4v) is 3.70. The molecule has 9 nitrogen and oxygen atoms in total. The van der Waals surface area contributed by atoms with Crippen LogP contribution in [0.25, 0.3) is 11.1 Å². The molecule has 3 N–H and O–H groups in total. The number of piperidine rings is 1. The van der Waals surface area contributed by atoms with E-state index in [1.807, 2.05) is 11.8 Å². The van der Waals surface area contributed by atoms with Crippen molar-refractivity contribution in [1.82, 2.24) is 14.8 Å². The number of amides is 4. The van der Waals surface area contributed by atoms with Gasteiger partial charge in [-0.3, -0.25) is 9.59 Å². The van der Waals surface area contributed by atoms with Crippen LogP contribution in [-0.2, 0) is 4.79 Å². The van der Waals surface area contributed by atoms with Crippen LogP contribution in [-0.4, -0.2) is 58.3 Å². The Labute approximate surface area is 161 Å². The Balaban J connectivity index is 1.54. The highest BCUT2D eigenvalue weighted by atomic mass is 16.4. The average Bonchev–Trinajstić information content (AvgIpc) is 3.30. The SMILES string of the molecule is Cc1ccc2c(NC(=O)N3CCCC(C(=O)N4CC4C)C3)c(C(N)=O)oc2n1. The van der Waals surface area contributed by atoms with Crippen LogP contribution in [0.15, 0.2) is 16.5 Å². The molecule has 4 heterocycles. The topological polar surface area (TPSA) is 122 Å². The Morgan fingerprint density at radius 1 is 1.29 bits per heavy atom. The molecular weight excluding hydrogens is 362 g/mol. The molecule has 2 unspecified atom stereocenters. The molecule has 0 saturated carbocycles. The summed E-state index contributed by atoms with van der Waals surface area (Å²) in [4.78, 5) is 44.8. The molecule has 0 radical (unpaired) electrons. The van der Waals surface area contributed by atoms with Crippen molar-refractivity contribution in [1.29, 1.82) is 0 Å². The summed E-state index contributed by atoms with van der Waals surface area (Å²) < 4.78 is 5.46. The van der Waals surface area contributed by atoms with Crippen molar-refractivity contribution >= 4 is 34.6 Å². The predicted molar refractivity (Wildman–Crippen MR) is 102 cm³/mol. The number of nitrogens with zero attached hydrogens (tertiary/aromatic N) is 3. The Kier molecular flexibility index (Phi) is 4.44. The maximum atomic E-state index is 12.8. The molecule has 4 amide bonds. The number of hydrogen-bond acceptors (Lipinski definition) is 5. The monoisotopic (exact) mass is 385 g/mol. The van der Waals surface area contributed by atoms with E-state index < -0.39 is 5.91 Å². The number of fused-ring (bicyclic) bond motifs is 1. The third-order valence-electron chi connectivity index (χ3n) is 5.35. The van der Waals surface area contributed by atoms with Gasteiger partial charge in [0.1, 0.15) is 5.69 Å². The van der Waals surface area contributed by atoms with Gasteiger partial charge in [0.05, 0.1) is 11.3 Å². The maximum Gasteiger partial charge on any atom is 0.321 e. The van der Waals surface area contributed by atoms with E-state index in [1.54, 1.807) is 24.0 Å². The highest BCUT2D eigenvalue weighted by Crippen LogP contribution is 2.31. The Morgan fingerprint density at radius 3 is 2.71 bits per heavy atom. The minimum Gasteiger partial charge on any atom is -0.430 e. The van der Waals surface area contributed by atoms with Gasteiger partial charge in [0.2, 0.25) is 17.4 Å². The zero-order valence-electron chi connectivity index (χ0n) is 15.9. The summed E-state index contributed by atoms with van der Waals surface area (Å²) in [6.45, 7) is 5.50. The third-order valence-corrected chi connectivity index (χ3v) is 5.35. The van der Waals surface area contributed by atoms with Gasteiger partial charge in [0, 0.05) is 31.4 Å². The zero-order chi connectivity index (χ0) is 20.0. The van der Waals surface area contributed by atoms with Crippen molar-refractivity contribution < 1.29 is 18.8 Å². The van der Waals surface area contributed by atoms with Gasteiger partial charge < -0.3 is 25.3 Å². The first kappa shape index (κ1) is 18.3. The van der Waals surface area contributed by atoms with Crippen LogP contribution in [0.4, 0.5) is 10.5 Å². The van der Waals surface area contributed by atoms with Gasteiger partial charge in [-0.1, -0.05) is 0 Å². The second-order valence-corrected chi connectivity index (χ2v) is 7.53. The van der Waals surface area contributed by atoms with E-state index in [0.29, 0.717) is 24.5 Å². The lowest BCUT2D eigenvalue weighted by Crippen LogP contribution is -2.45. The number of primary amides is 1. The van der Waals surface area contributed by atoms with E-state index in [0.717, 1.165) is 25.1 Å². The van der Waals surface area contributed by atoms with Crippen LogP contribution < -0.4 is 11.1 Å². The second kappa shape index (κ2) is 6.81. The Bertz CT molecular complexity index is 969. The van der Waals surface area contributed by atoms with Crippen molar-refractivity contribution in [3.8, 4) is 0 Å². The number of pyridine rings is 1. The van der Waals surface area contributed by atoms with Gasteiger partial charge in [0.25, 0.3) is 5.91 Å². The van der Waals surface area contributed by atoms with Crippen LogP contribution in [0, 0.1) is 12.8 Å². The van der Waals surface area contributed by atoms with Crippen LogP contribution in [0.1, 0.15) is 36.0 Å². The number of aryl methyl sites for hydroxylation is 1. The van der Waals surface area contributed by atoms with Crippen molar-refractivity contribution in [2.75, 3.05) is 25.0 Å². The third kappa shape index (κ3) is 3.28. The Morgan fingerprint density at radius 2 is 2.04 bits per heavy atom. The number of rotatable bonds is 3. The first-order valence-corrected chi connectivity index (χ1v) is 9.41. The molecule has 148 valence electrons. The standard InChI is InChI=1S/C19H23N5O4/c1-10-5-6-13-14(15(16(20)25)28-17(13)21-10)22-19(27)23-7-3-4-12(9-23)18(26)24-8-11(24)2/h5-6,11-12H,3-4,7-9H2,1-2H3,(H2,20,25)(H,22,27). The molecule has 2 aromatic heterocycles. The summed E-state index contributed by atoms with van der Waals surface area (Å²) >= 11 is 0. The van der Waals surface area contributed by atoms with Gasteiger partial charge in [-0.05, 0) is 38.8 Å². The molecule has 0 aliphatic carbocycles. The normalized spacial score (nSPS) is 21.6. The van der Waals surface area contributed by atoms with E-state index in [2.05, 4.69) is 10.3 Å². The number of anilines is 1. The van der Waals surface area contributed by atoms with Crippen LogP contribution >= 0.6 is 0 Å². The summed E-state index contributed by atoms with van der Waals surface area (Å²) in [5.74, 6) is -1.00. The lowest BCUT2D eigenvalue weighted by atomic mass is 9.97. The van der Waals surface area contributed by atoms with E-state index in [1.165, 1.54) is 0 Å². The molecule has 0 bridgehead atoms. The summed E-state index contributed by atoms with van der Waals surface area (Å²) in [7, 11) is 0. The van der Waals surface area contributed by atoms with Crippen LogP contribution in [0.3, 0.4) is 0 Å². The summed E-state index contributed by atoms with van der Waals surface area (Å²) in [6.07, 6.45) is 1.53. The quantitative estimate of drug-likeness (QED) is 0.779. The number of carbonyl (C=O) groups is 3. The number of urea groups is 1. The van der Waals surface area contributed by atoms with Gasteiger partial charge >= 0.3 is 6.03 Å². The maximum absolute atomic E-state index is 12.8. The molecule has 28 heavy (non-hydrogen) atoms. The molecule has 2 saturated heterocycles. The predicted octanol–water partition coefficient (Wildman–Crippen LogP) is 1.71. The Hall–Kier alpha value is -3.10. The van der Waals surface area contributed by atoms with E-state index in [4.69, 9.17) is 10.2 Å². The van der Waals surface area contributed by atoms with Gasteiger partial charge in [0.15, 0.2) is 0 Å². The number of hydrogen-bond donors (Lipinski definition) is 2. The molecule has 0 aromatic carbocycles. The number of carbonyl (C=O) groups excluding carboxylic acids is 3. The lowest BCUT2D eigenvalue weighted by molar-refractivity contribution is -0.131. The van der Waals surface area contributed by atoms with Crippen LogP contribution in [0.2, 0.25) is 0 Å². The highest BCUT2D eigenvalue weighted by molar-refractivity contribution is 6.09. The molecule has 2 aliphatic rings.